The van der Waals surface area contributed by atoms with Crippen molar-refractivity contribution >= 4 is 22.3 Å². The lowest BCUT2D eigenvalue weighted by Crippen LogP contribution is -2.00. The average Bonchev–Trinajstić information content (AvgIpc) is 2.65. The first kappa shape index (κ1) is 15.3. The second kappa shape index (κ2) is 6.36. The van der Waals surface area contributed by atoms with E-state index in [1.807, 2.05) is 48.5 Å². The van der Waals surface area contributed by atoms with Crippen LogP contribution in [0.3, 0.4) is 0 Å². The smallest absolute Gasteiger partial charge is 0.161 e. The fourth-order valence-corrected chi connectivity index (χ4v) is 2.98. The van der Waals surface area contributed by atoms with Crippen LogP contribution in [0.1, 0.15) is 11.1 Å². The quantitative estimate of drug-likeness (QED) is 0.528. The molecule has 0 amide bonds. The highest BCUT2D eigenvalue weighted by Crippen LogP contribution is 2.32. The largest absolute Gasteiger partial charge is 0.338 e. The minimum absolute atomic E-state index is 0.781. The van der Waals surface area contributed by atoms with Gasteiger partial charge in [-0.1, -0.05) is 48.5 Å². The Bertz CT molecular complexity index is 1030. The lowest BCUT2D eigenvalue weighted by molar-refractivity contribution is 1.06. The van der Waals surface area contributed by atoms with E-state index in [0.29, 0.717) is 0 Å². The molecular weight excluding hydrogens is 306 g/mol. The summed E-state index contributed by atoms with van der Waals surface area (Å²) in [5.41, 5.74) is 5.49. The van der Waals surface area contributed by atoms with E-state index < -0.39 is 0 Å². The van der Waals surface area contributed by atoms with Gasteiger partial charge < -0.3 is 5.32 Å². The molecule has 4 aromatic rings. The number of rotatable bonds is 3. The van der Waals surface area contributed by atoms with E-state index in [-0.39, 0.29) is 0 Å². The first-order chi connectivity index (χ1) is 12.2. The third kappa shape index (κ3) is 2.96. The van der Waals surface area contributed by atoms with E-state index in [0.717, 1.165) is 33.5 Å². The van der Waals surface area contributed by atoms with Crippen LogP contribution >= 0.6 is 0 Å². The van der Waals surface area contributed by atoms with Crippen LogP contribution in [0, 0.1) is 13.8 Å². The van der Waals surface area contributed by atoms with Gasteiger partial charge in [-0.05, 0) is 49.2 Å². The second-order valence-corrected chi connectivity index (χ2v) is 6.24. The standard InChI is InChI=1S/C22H19N3/c1-15-13-19-20(14-16(15)2)22(23-18-11-7-4-8-12-18)25-24-21(19)17-9-5-3-6-10-17/h3-14H,1-2H3,(H,23,25). The molecule has 1 N–H and O–H groups in total. The summed E-state index contributed by atoms with van der Waals surface area (Å²) in [4.78, 5) is 0. The molecule has 3 heteroatoms. The topological polar surface area (TPSA) is 37.8 Å². The molecule has 0 fully saturated rings. The highest BCUT2D eigenvalue weighted by Gasteiger charge is 2.12. The van der Waals surface area contributed by atoms with Crippen molar-refractivity contribution in [1.29, 1.82) is 0 Å². The van der Waals surface area contributed by atoms with Gasteiger partial charge in [0.1, 0.15) is 5.69 Å². The molecule has 0 aliphatic heterocycles. The number of nitrogens with one attached hydrogen (secondary N) is 1. The summed E-state index contributed by atoms with van der Waals surface area (Å²) in [6.45, 7) is 4.26. The van der Waals surface area contributed by atoms with Crippen molar-refractivity contribution in [3.05, 3.63) is 83.9 Å². The monoisotopic (exact) mass is 325 g/mol. The molecular formula is C22H19N3. The number of para-hydroxylation sites is 1. The van der Waals surface area contributed by atoms with Crippen LogP contribution in [-0.2, 0) is 0 Å². The van der Waals surface area contributed by atoms with Crippen molar-refractivity contribution in [2.45, 2.75) is 13.8 Å². The molecule has 1 aromatic heterocycles. The van der Waals surface area contributed by atoms with E-state index in [4.69, 9.17) is 0 Å². The predicted octanol–water partition coefficient (Wildman–Crippen LogP) is 5.66. The SMILES string of the molecule is Cc1cc2c(Nc3ccccc3)nnc(-c3ccccc3)c2cc1C. The summed E-state index contributed by atoms with van der Waals surface area (Å²) < 4.78 is 0. The summed E-state index contributed by atoms with van der Waals surface area (Å²) >= 11 is 0. The molecule has 4 rings (SSSR count). The Morgan fingerprint density at radius 1 is 0.680 bits per heavy atom. The molecule has 0 bridgehead atoms. The molecule has 0 atom stereocenters. The zero-order valence-corrected chi connectivity index (χ0v) is 14.3. The molecule has 0 unspecified atom stereocenters. The van der Waals surface area contributed by atoms with Gasteiger partial charge in [-0.2, -0.15) is 0 Å². The van der Waals surface area contributed by atoms with Crippen molar-refractivity contribution in [3.8, 4) is 11.3 Å². The highest BCUT2D eigenvalue weighted by atomic mass is 15.2. The van der Waals surface area contributed by atoms with Crippen LogP contribution in [0.2, 0.25) is 0 Å². The lowest BCUT2D eigenvalue weighted by atomic mass is 9.99. The molecule has 25 heavy (non-hydrogen) atoms. The maximum Gasteiger partial charge on any atom is 0.161 e. The Morgan fingerprint density at radius 3 is 1.96 bits per heavy atom. The summed E-state index contributed by atoms with van der Waals surface area (Å²) in [5.74, 6) is 0.781. The van der Waals surface area contributed by atoms with Gasteiger partial charge in [-0.15, -0.1) is 10.2 Å². The average molecular weight is 325 g/mol. The van der Waals surface area contributed by atoms with Gasteiger partial charge in [0.15, 0.2) is 5.82 Å². The van der Waals surface area contributed by atoms with Crippen molar-refractivity contribution < 1.29 is 0 Å². The predicted molar refractivity (Wildman–Crippen MR) is 104 cm³/mol. The number of aryl methyl sites for hydroxylation is 2. The fourth-order valence-electron chi connectivity index (χ4n) is 2.98. The zero-order chi connectivity index (χ0) is 17.2. The first-order valence-electron chi connectivity index (χ1n) is 8.37. The normalized spacial score (nSPS) is 10.8. The third-order valence-corrected chi connectivity index (χ3v) is 4.48. The zero-order valence-electron chi connectivity index (χ0n) is 14.3. The van der Waals surface area contributed by atoms with Crippen LogP contribution in [0.5, 0.6) is 0 Å². The molecule has 1 heterocycles. The lowest BCUT2D eigenvalue weighted by Gasteiger charge is -2.13. The van der Waals surface area contributed by atoms with Crippen LogP contribution in [0.15, 0.2) is 72.8 Å². The van der Waals surface area contributed by atoms with Gasteiger partial charge in [-0.25, -0.2) is 0 Å². The van der Waals surface area contributed by atoms with E-state index in [2.05, 4.69) is 53.6 Å². The van der Waals surface area contributed by atoms with E-state index in [1.54, 1.807) is 0 Å². The molecule has 122 valence electrons. The summed E-state index contributed by atoms with van der Waals surface area (Å²) in [5, 5.41) is 14.6. The van der Waals surface area contributed by atoms with Crippen molar-refractivity contribution in [2.75, 3.05) is 5.32 Å². The summed E-state index contributed by atoms with van der Waals surface area (Å²) in [7, 11) is 0. The molecule has 0 aliphatic rings. The van der Waals surface area contributed by atoms with Crippen molar-refractivity contribution in [2.24, 2.45) is 0 Å². The highest BCUT2D eigenvalue weighted by molar-refractivity contribution is 6.01. The van der Waals surface area contributed by atoms with Crippen LogP contribution < -0.4 is 5.32 Å². The Labute approximate surface area is 147 Å². The van der Waals surface area contributed by atoms with Gasteiger partial charge in [0.05, 0.1) is 0 Å². The van der Waals surface area contributed by atoms with E-state index in [1.165, 1.54) is 11.1 Å². The number of aromatic nitrogens is 2. The Kier molecular flexibility index (Phi) is 3.90. The maximum atomic E-state index is 4.53. The summed E-state index contributed by atoms with van der Waals surface area (Å²) in [6, 6.07) is 24.7. The van der Waals surface area contributed by atoms with Crippen molar-refractivity contribution in [3.63, 3.8) is 0 Å². The fraction of sp³-hybridized carbons (Fsp3) is 0.0909. The van der Waals surface area contributed by atoms with E-state index >= 15 is 0 Å². The number of hydrogen-bond donors (Lipinski definition) is 1. The van der Waals surface area contributed by atoms with Gasteiger partial charge in [0, 0.05) is 22.0 Å². The van der Waals surface area contributed by atoms with Gasteiger partial charge >= 0.3 is 0 Å². The molecule has 3 nitrogen and oxygen atoms in total. The number of hydrogen-bond acceptors (Lipinski definition) is 3. The molecule has 0 radical (unpaired) electrons. The van der Waals surface area contributed by atoms with Crippen LogP contribution in [-0.4, -0.2) is 10.2 Å². The van der Waals surface area contributed by atoms with Crippen LogP contribution in [0.4, 0.5) is 11.5 Å². The van der Waals surface area contributed by atoms with E-state index in [9.17, 15) is 0 Å². The minimum atomic E-state index is 0.781. The molecule has 3 aromatic carbocycles. The molecule has 0 saturated heterocycles. The third-order valence-electron chi connectivity index (χ3n) is 4.48. The Hall–Kier alpha value is -3.20. The minimum Gasteiger partial charge on any atom is -0.338 e. The number of anilines is 2. The van der Waals surface area contributed by atoms with Gasteiger partial charge in [0.2, 0.25) is 0 Å². The molecule has 0 spiro atoms. The second-order valence-electron chi connectivity index (χ2n) is 6.24. The first-order valence-corrected chi connectivity index (χ1v) is 8.37. The Morgan fingerprint density at radius 2 is 1.28 bits per heavy atom. The van der Waals surface area contributed by atoms with Crippen LogP contribution in [0.25, 0.3) is 22.0 Å². The number of fused-ring (bicyclic) bond motifs is 1. The molecule has 0 aliphatic carbocycles. The maximum absolute atomic E-state index is 4.53. The Balaban J connectivity index is 1.93. The van der Waals surface area contributed by atoms with Gasteiger partial charge in [-0.3, -0.25) is 0 Å². The number of nitrogens with zero attached hydrogens (tertiary/aromatic N) is 2. The molecule has 0 saturated carbocycles. The summed E-state index contributed by atoms with van der Waals surface area (Å²) in [6.07, 6.45) is 0. The van der Waals surface area contributed by atoms with Gasteiger partial charge in [0.25, 0.3) is 0 Å². The van der Waals surface area contributed by atoms with Crippen molar-refractivity contribution in [1.82, 2.24) is 10.2 Å². The number of benzene rings is 3.